The molecule has 27 heavy (non-hydrogen) atoms. The number of carbonyl (C=O) groups excluding carboxylic acids is 2. The van der Waals surface area contributed by atoms with Gasteiger partial charge < -0.3 is 15.3 Å². The van der Waals surface area contributed by atoms with Crippen LogP contribution in [-0.4, -0.2) is 61.9 Å². The molecule has 0 bridgehead atoms. The van der Waals surface area contributed by atoms with Crippen molar-refractivity contribution in [1.29, 1.82) is 0 Å². The molecule has 2 aromatic rings. The molecule has 0 radical (unpaired) electrons. The average molecular weight is 369 g/mol. The zero-order chi connectivity index (χ0) is 19.0. The molecule has 1 atom stereocenters. The molecule has 1 aliphatic carbocycles. The van der Waals surface area contributed by atoms with Crippen LogP contribution in [0.2, 0.25) is 0 Å². The van der Waals surface area contributed by atoms with Crippen LogP contribution in [0.5, 0.6) is 0 Å². The number of carboxylic acids is 1. The van der Waals surface area contributed by atoms with E-state index < -0.39 is 5.97 Å². The zero-order valence-electron chi connectivity index (χ0n) is 14.5. The molecule has 1 aromatic heterocycles. The van der Waals surface area contributed by atoms with Crippen molar-refractivity contribution in [3.05, 3.63) is 47.3 Å². The van der Waals surface area contributed by atoms with Crippen LogP contribution in [0.1, 0.15) is 56.5 Å². The highest BCUT2D eigenvalue weighted by Crippen LogP contribution is 2.23. The quantitative estimate of drug-likeness (QED) is 0.810. The van der Waals surface area contributed by atoms with Crippen LogP contribution in [0.4, 0.5) is 0 Å². The van der Waals surface area contributed by atoms with Crippen LogP contribution in [0, 0.1) is 0 Å². The van der Waals surface area contributed by atoms with Crippen LogP contribution in [0.3, 0.4) is 0 Å². The van der Waals surface area contributed by atoms with Gasteiger partial charge in [0.1, 0.15) is 0 Å². The number of aromatic nitrogens is 3. The molecule has 1 aliphatic heterocycles. The molecule has 9 nitrogen and oxygen atoms in total. The summed E-state index contributed by atoms with van der Waals surface area (Å²) in [5, 5.41) is 19.3. The summed E-state index contributed by atoms with van der Waals surface area (Å²) in [4.78, 5) is 37.3. The van der Waals surface area contributed by atoms with Gasteiger partial charge in [0.15, 0.2) is 5.69 Å². The molecule has 1 aromatic carbocycles. The highest BCUT2D eigenvalue weighted by Gasteiger charge is 2.29. The predicted molar refractivity (Wildman–Crippen MR) is 93.5 cm³/mol. The number of benzene rings is 1. The molecule has 2 amide bonds. The number of hydrogen-bond acceptors (Lipinski definition) is 5. The number of amides is 2. The van der Waals surface area contributed by atoms with Gasteiger partial charge in [0.2, 0.25) is 0 Å². The Balaban J connectivity index is 1.39. The van der Waals surface area contributed by atoms with E-state index in [9.17, 15) is 14.4 Å². The number of carboxylic acid groups (broad SMARTS) is 1. The third-order valence-corrected chi connectivity index (χ3v) is 4.86. The van der Waals surface area contributed by atoms with Gasteiger partial charge in [0, 0.05) is 30.3 Å². The fourth-order valence-electron chi connectivity index (χ4n) is 3.14. The van der Waals surface area contributed by atoms with Crippen molar-refractivity contribution in [2.45, 2.75) is 31.3 Å². The summed E-state index contributed by atoms with van der Waals surface area (Å²) in [7, 11) is 0. The Morgan fingerprint density at radius 3 is 2.41 bits per heavy atom. The summed E-state index contributed by atoms with van der Waals surface area (Å²) >= 11 is 0. The Labute approximate surface area is 155 Å². The fourth-order valence-corrected chi connectivity index (χ4v) is 3.14. The van der Waals surface area contributed by atoms with Crippen molar-refractivity contribution in [2.24, 2.45) is 0 Å². The Kier molecular flexibility index (Phi) is 4.35. The molecule has 9 heteroatoms. The fraction of sp³-hybridized carbons (Fsp3) is 0.389. The molecule has 2 fully saturated rings. The van der Waals surface area contributed by atoms with Crippen molar-refractivity contribution >= 4 is 17.8 Å². The van der Waals surface area contributed by atoms with Crippen molar-refractivity contribution in [3.8, 4) is 0 Å². The lowest BCUT2D eigenvalue weighted by atomic mass is 10.1. The van der Waals surface area contributed by atoms with Gasteiger partial charge in [-0.05, 0) is 43.5 Å². The minimum absolute atomic E-state index is 0.0989. The number of hydrogen-bond donors (Lipinski definition) is 2. The molecule has 4 rings (SSSR count). The van der Waals surface area contributed by atoms with Crippen molar-refractivity contribution in [3.63, 3.8) is 0 Å². The van der Waals surface area contributed by atoms with Crippen molar-refractivity contribution in [2.75, 3.05) is 13.1 Å². The number of likely N-dealkylation sites (tertiary alicyclic amines) is 1. The van der Waals surface area contributed by atoms with Crippen molar-refractivity contribution < 1.29 is 19.5 Å². The zero-order valence-corrected chi connectivity index (χ0v) is 14.5. The first-order valence-electron chi connectivity index (χ1n) is 8.86. The summed E-state index contributed by atoms with van der Waals surface area (Å²) in [6.07, 6.45) is 4.11. The van der Waals surface area contributed by atoms with Gasteiger partial charge in [-0.2, -0.15) is 0 Å². The maximum atomic E-state index is 12.7. The standard InChI is InChI=1S/C18H19N5O4/c24-16(19-13-5-6-13)11-1-3-12(4-2-11)17(25)22-8-7-14(9-22)23-10-15(18(26)27)20-21-23/h1-4,10,13-14H,5-9H2,(H,19,24)(H,26,27). The van der Waals surface area contributed by atoms with Crippen LogP contribution < -0.4 is 5.32 Å². The first-order valence-corrected chi connectivity index (χ1v) is 8.86. The third kappa shape index (κ3) is 3.67. The number of nitrogens with zero attached hydrogens (tertiary/aromatic N) is 4. The molecule has 1 saturated carbocycles. The molecule has 1 saturated heterocycles. The van der Waals surface area contributed by atoms with Crippen LogP contribution in [-0.2, 0) is 0 Å². The highest BCUT2D eigenvalue weighted by molar-refractivity contribution is 5.98. The molecular formula is C18H19N5O4. The van der Waals surface area contributed by atoms with Gasteiger partial charge in [-0.15, -0.1) is 5.10 Å². The smallest absolute Gasteiger partial charge is 0.358 e. The number of nitrogens with one attached hydrogen (secondary N) is 1. The lowest BCUT2D eigenvalue weighted by molar-refractivity contribution is 0.0689. The second-order valence-corrected chi connectivity index (χ2v) is 6.91. The second kappa shape index (κ2) is 6.82. The summed E-state index contributed by atoms with van der Waals surface area (Å²) in [6, 6.07) is 6.84. The lowest BCUT2D eigenvalue weighted by Gasteiger charge is -2.16. The molecule has 1 unspecified atom stereocenters. The molecule has 0 spiro atoms. The van der Waals surface area contributed by atoms with Crippen LogP contribution in [0.25, 0.3) is 0 Å². The van der Waals surface area contributed by atoms with E-state index in [4.69, 9.17) is 5.11 Å². The minimum Gasteiger partial charge on any atom is -0.476 e. The Hall–Kier alpha value is -3.23. The van der Waals surface area contributed by atoms with E-state index in [1.165, 1.54) is 10.9 Å². The number of carbonyl (C=O) groups is 3. The van der Waals surface area contributed by atoms with Gasteiger partial charge in [0.05, 0.1) is 12.2 Å². The molecule has 140 valence electrons. The van der Waals surface area contributed by atoms with E-state index in [0.29, 0.717) is 36.7 Å². The van der Waals surface area contributed by atoms with Gasteiger partial charge in [-0.1, -0.05) is 5.21 Å². The largest absolute Gasteiger partial charge is 0.476 e. The van der Waals surface area contributed by atoms with Gasteiger partial charge in [0.25, 0.3) is 11.8 Å². The summed E-state index contributed by atoms with van der Waals surface area (Å²) < 4.78 is 1.50. The minimum atomic E-state index is -1.13. The van der Waals surface area contributed by atoms with E-state index in [-0.39, 0.29) is 23.6 Å². The number of aromatic carboxylic acids is 1. The normalized spacial score (nSPS) is 19.1. The van der Waals surface area contributed by atoms with Gasteiger partial charge in [-0.3, -0.25) is 9.59 Å². The number of rotatable bonds is 5. The van der Waals surface area contributed by atoms with Gasteiger partial charge in [-0.25, -0.2) is 9.48 Å². The van der Waals surface area contributed by atoms with E-state index in [1.54, 1.807) is 29.2 Å². The van der Waals surface area contributed by atoms with Gasteiger partial charge >= 0.3 is 5.97 Å². The molecule has 2 aliphatic rings. The molecular weight excluding hydrogens is 350 g/mol. The Morgan fingerprint density at radius 1 is 1.07 bits per heavy atom. The van der Waals surface area contributed by atoms with E-state index in [1.807, 2.05) is 0 Å². The first-order chi connectivity index (χ1) is 13.0. The lowest BCUT2D eigenvalue weighted by Crippen LogP contribution is -2.29. The van der Waals surface area contributed by atoms with Crippen LogP contribution in [0.15, 0.2) is 30.5 Å². The Bertz CT molecular complexity index is 887. The maximum absolute atomic E-state index is 12.7. The predicted octanol–water partition coefficient (Wildman–Crippen LogP) is 0.956. The molecule has 2 heterocycles. The second-order valence-electron chi connectivity index (χ2n) is 6.91. The van der Waals surface area contributed by atoms with E-state index in [0.717, 1.165) is 12.8 Å². The van der Waals surface area contributed by atoms with Crippen molar-refractivity contribution in [1.82, 2.24) is 25.2 Å². The van der Waals surface area contributed by atoms with E-state index >= 15 is 0 Å². The third-order valence-electron chi connectivity index (χ3n) is 4.86. The topological polar surface area (TPSA) is 117 Å². The maximum Gasteiger partial charge on any atom is 0.358 e. The monoisotopic (exact) mass is 369 g/mol. The SMILES string of the molecule is O=C(NC1CC1)c1ccc(C(=O)N2CCC(n3cc(C(=O)O)nn3)C2)cc1. The summed E-state index contributed by atoms with van der Waals surface area (Å²) in [5.41, 5.74) is 0.949. The molecule has 2 N–H and O–H groups in total. The summed E-state index contributed by atoms with van der Waals surface area (Å²) in [6.45, 7) is 0.987. The average Bonchev–Trinajstić information content (AvgIpc) is 3.14. The van der Waals surface area contributed by atoms with Crippen LogP contribution >= 0.6 is 0 Å². The highest BCUT2D eigenvalue weighted by atomic mass is 16.4. The Morgan fingerprint density at radius 2 is 1.78 bits per heavy atom. The van der Waals surface area contributed by atoms with E-state index in [2.05, 4.69) is 15.6 Å². The summed E-state index contributed by atoms with van der Waals surface area (Å²) in [5.74, 6) is -1.36. The first kappa shape index (κ1) is 17.2.